The van der Waals surface area contributed by atoms with Crippen LogP contribution < -0.4 is 0 Å². The molecule has 0 radical (unpaired) electrons. The molecule has 1 atom stereocenters. The van der Waals surface area contributed by atoms with Gasteiger partial charge in [0.05, 0.1) is 0 Å². The lowest BCUT2D eigenvalue weighted by molar-refractivity contribution is -0.0361. The maximum atomic E-state index is 6.02. The van der Waals surface area contributed by atoms with Crippen molar-refractivity contribution in [3.63, 3.8) is 0 Å². The van der Waals surface area contributed by atoms with E-state index in [4.69, 9.17) is 23.7 Å². The Kier molecular flexibility index (Phi) is 25.2. The van der Waals surface area contributed by atoms with E-state index in [1.54, 1.807) is 28.4 Å². The molecular weight excluding hydrogens is 444 g/mol. The molecule has 1 unspecified atom stereocenters. The van der Waals surface area contributed by atoms with Crippen molar-refractivity contribution in [3.8, 4) is 0 Å². The first-order valence-corrected chi connectivity index (χ1v) is 16.2. The highest BCUT2D eigenvalue weighted by atomic mass is 31.1. The van der Waals surface area contributed by atoms with Gasteiger partial charge in [0.15, 0.2) is 0 Å². The minimum Gasteiger partial charge on any atom is -0.385 e. The van der Waals surface area contributed by atoms with Gasteiger partial charge in [0.2, 0.25) is 0 Å². The predicted octanol–water partition coefficient (Wildman–Crippen LogP) is 4.78. The molecule has 0 saturated carbocycles. The Morgan fingerprint density at radius 1 is 0.594 bits per heavy atom. The summed E-state index contributed by atoms with van der Waals surface area (Å²) >= 11 is 0. The van der Waals surface area contributed by atoms with Crippen LogP contribution in [-0.2, 0) is 23.7 Å². The zero-order chi connectivity index (χ0) is 23.9. The maximum absolute atomic E-state index is 6.02. The molecule has 0 fully saturated rings. The fourth-order valence-electron chi connectivity index (χ4n) is 3.76. The van der Waals surface area contributed by atoms with Crippen molar-refractivity contribution in [2.75, 3.05) is 112 Å². The quantitative estimate of drug-likeness (QED) is 0.103. The highest BCUT2D eigenvalue weighted by Gasteiger charge is 2.18. The molecule has 32 heavy (non-hydrogen) atoms. The zero-order valence-electron chi connectivity index (χ0n) is 22.0. The molecular formula is C24H53NO5P2. The fraction of sp³-hybridized carbons (Fsp3) is 1.00. The normalized spacial score (nSPS) is 13.0. The Morgan fingerprint density at radius 2 is 0.938 bits per heavy atom. The molecule has 0 bridgehead atoms. The Morgan fingerprint density at radius 3 is 1.22 bits per heavy atom. The predicted molar refractivity (Wildman–Crippen MR) is 142 cm³/mol. The van der Waals surface area contributed by atoms with Crippen molar-refractivity contribution in [1.29, 1.82) is 0 Å². The summed E-state index contributed by atoms with van der Waals surface area (Å²) in [4.78, 5) is 2.59. The third kappa shape index (κ3) is 19.0. The molecule has 0 aromatic rings. The summed E-state index contributed by atoms with van der Waals surface area (Å²) < 4.78 is 27.2. The van der Waals surface area contributed by atoms with E-state index in [-0.39, 0.29) is 22.1 Å². The Bertz CT molecular complexity index is 334. The number of hydrogen-bond acceptors (Lipinski definition) is 6. The van der Waals surface area contributed by atoms with Crippen molar-refractivity contribution in [3.05, 3.63) is 0 Å². The van der Waals surface area contributed by atoms with Crippen LogP contribution in [0.5, 0.6) is 0 Å². The average Bonchev–Trinajstić information content (AvgIpc) is 2.78. The van der Waals surface area contributed by atoms with E-state index in [1.807, 2.05) is 0 Å². The lowest BCUT2D eigenvalue weighted by Gasteiger charge is -2.32. The molecule has 0 saturated heterocycles. The molecule has 194 valence electrons. The first kappa shape index (κ1) is 32.6. The van der Waals surface area contributed by atoms with Crippen LogP contribution in [0.25, 0.3) is 0 Å². The summed E-state index contributed by atoms with van der Waals surface area (Å²) in [6.07, 6.45) is 12.6. The van der Waals surface area contributed by atoms with Gasteiger partial charge in [-0.25, -0.2) is 0 Å². The summed E-state index contributed by atoms with van der Waals surface area (Å²) in [5.41, 5.74) is 0. The average molecular weight is 498 g/mol. The molecule has 0 aromatic carbocycles. The standard InChI is InChI=1S/C24H53NO5P2/c1-7-30-24(2)25(12-22-31(18-8-14-26-3)19-9-15-27-4)13-23-32(20-10-16-28-5)21-11-17-29-6/h24H,7-23H2,1-6H3. The third-order valence-corrected chi connectivity index (χ3v) is 11.1. The monoisotopic (exact) mass is 497 g/mol. The molecule has 0 spiro atoms. The highest BCUT2D eigenvalue weighted by Crippen LogP contribution is 2.39. The minimum absolute atomic E-state index is 0.0152. The Balaban J connectivity index is 4.82. The van der Waals surface area contributed by atoms with Gasteiger partial charge in [0.1, 0.15) is 6.23 Å². The molecule has 0 amide bonds. The first-order chi connectivity index (χ1) is 15.6. The van der Waals surface area contributed by atoms with Crippen LogP contribution in [-0.4, -0.2) is 123 Å². The molecule has 0 heterocycles. The molecule has 0 rings (SSSR count). The van der Waals surface area contributed by atoms with Gasteiger partial charge in [-0.05, 0) is 76.5 Å². The molecule has 0 aliphatic heterocycles. The van der Waals surface area contributed by atoms with Gasteiger partial charge in [-0.1, -0.05) is 0 Å². The Labute approximate surface area is 201 Å². The van der Waals surface area contributed by atoms with Crippen LogP contribution in [0, 0.1) is 0 Å². The van der Waals surface area contributed by atoms with Gasteiger partial charge in [-0.2, -0.15) is 0 Å². The second kappa shape index (κ2) is 24.7. The summed E-state index contributed by atoms with van der Waals surface area (Å²) in [6.45, 7) is 10.8. The largest absolute Gasteiger partial charge is 0.385 e. The summed E-state index contributed by atoms with van der Waals surface area (Å²) in [6, 6.07) is 0. The van der Waals surface area contributed by atoms with Gasteiger partial charge in [-0.3, -0.25) is 4.90 Å². The van der Waals surface area contributed by atoms with Crippen LogP contribution in [0.1, 0.15) is 39.5 Å². The van der Waals surface area contributed by atoms with Gasteiger partial charge in [0, 0.05) is 74.6 Å². The van der Waals surface area contributed by atoms with Crippen LogP contribution in [0.4, 0.5) is 0 Å². The van der Waals surface area contributed by atoms with Crippen LogP contribution in [0.3, 0.4) is 0 Å². The summed E-state index contributed by atoms with van der Waals surface area (Å²) in [7, 11) is 7.24. The van der Waals surface area contributed by atoms with E-state index < -0.39 is 0 Å². The van der Waals surface area contributed by atoms with Crippen LogP contribution in [0.2, 0.25) is 0 Å². The van der Waals surface area contributed by atoms with E-state index >= 15 is 0 Å². The number of methoxy groups -OCH3 is 4. The van der Waals surface area contributed by atoms with Gasteiger partial charge >= 0.3 is 0 Å². The van der Waals surface area contributed by atoms with Crippen molar-refractivity contribution < 1.29 is 23.7 Å². The lowest BCUT2D eigenvalue weighted by Crippen LogP contribution is -2.39. The maximum Gasteiger partial charge on any atom is 0.107 e. The number of hydrogen-bond donors (Lipinski definition) is 0. The molecule has 0 aliphatic rings. The zero-order valence-corrected chi connectivity index (χ0v) is 23.8. The molecule has 6 nitrogen and oxygen atoms in total. The molecule has 8 heteroatoms. The first-order valence-electron chi connectivity index (χ1n) is 12.4. The van der Waals surface area contributed by atoms with Crippen molar-refractivity contribution in [1.82, 2.24) is 4.90 Å². The lowest BCUT2D eigenvalue weighted by atomic mass is 10.4. The molecule has 0 aliphatic carbocycles. The Hall–Kier alpha value is 0.620. The summed E-state index contributed by atoms with van der Waals surface area (Å²) in [5, 5.41) is 0. The van der Waals surface area contributed by atoms with E-state index in [2.05, 4.69) is 18.7 Å². The van der Waals surface area contributed by atoms with Crippen LogP contribution in [0.15, 0.2) is 0 Å². The van der Waals surface area contributed by atoms with Crippen molar-refractivity contribution >= 4 is 15.8 Å². The summed E-state index contributed by atoms with van der Waals surface area (Å²) in [5.74, 6) is 0. The van der Waals surface area contributed by atoms with Crippen LogP contribution >= 0.6 is 15.8 Å². The van der Waals surface area contributed by atoms with E-state index in [9.17, 15) is 0 Å². The minimum atomic E-state index is 0.0152. The SMILES string of the molecule is CCOC(C)N(CCP(CCCOC)CCCOC)CCP(CCCOC)CCCOC. The topological polar surface area (TPSA) is 49.4 Å². The third-order valence-electron chi connectivity index (χ3n) is 5.62. The van der Waals surface area contributed by atoms with Crippen molar-refractivity contribution in [2.24, 2.45) is 0 Å². The van der Waals surface area contributed by atoms with Gasteiger partial charge in [0.25, 0.3) is 0 Å². The van der Waals surface area contributed by atoms with Gasteiger partial charge in [-0.15, -0.1) is 15.8 Å². The fourth-order valence-corrected chi connectivity index (χ4v) is 8.49. The smallest absolute Gasteiger partial charge is 0.107 e. The van der Waals surface area contributed by atoms with E-state index in [0.29, 0.717) is 0 Å². The molecule has 0 N–H and O–H groups in total. The number of nitrogens with zero attached hydrogens (tertiary/aromatic N) is 1. The number of ether oxygens (including phenoxy) is 5. The van der Waals surface area contributed by atoms with E-state index in [1.165, 1.54) is 62.7 Å². The number of rotatable bonds is 25. The second-order valence-corrected chi connectivity index (χ2v) is 13.5. The highest BCUT2D eigenvalue weighted by molar-refractivity contribution is 7.57. The second-order valence-electron chi connectivity index (χ2n) is 8.16. The molecule has 0 aromatic heterocycles. The van der Waals surface area contributed by atoms with Gasteiger partial charge < -0.3 is 23.7 Å². The van der Waals surface area contributed by atoms with E-state index in [0.717, 1.165) is 46.1 Å². The van der Waals surface area contributed by atoms with Crippen molar-refractivity contribution in [2.45, 2.75) is 45.8 Å².